The van der Waals surface area contributed by atoms with Crippen molar-refractivity contribution in [2.45, 2.75) is 5.92 Å². The van der Waals surface area contributed by atoms with E-state index in [1.165, 1.54) is 0 Å². The molecular formula is C11H9ClFNO6. The molecule has 1 aromatic carbocycles. The van der Waals surface area contributed by atoms with Crippen LogP contribution in [0.25, 0.3) is 0 Å². The molecule has 108 valence electrons. The second-order valence-corrected chi connectivity index (χ2v) is 3.97. The van der Waals surface area contributed by atoms with Crippen LogP contribution in [0.1, 0.15) is 11.5 Å². The topological polar surface area (TPSA) is 95.7 Å². The molecule has 0 atom stereocenters. The molecule has 1 aromatic rings. The Labute approximate surface area is 117 Å². The van der Waals surface area contributed by atoms with Crippen molar-refractivity contribution in [3.05, 3.63) is 38.7 Å². The molecule has 0 spiro atoms. The molecule has 0 aliphatic carbocycles. The van der Waals surface area contributed by atoms with E-state index in [9.17, 15) is 24.1 Å². The predicted molar refractivity (Wildman–Crippen MR) is 64.8 cm³/mol. The molecule has 0 aliphatic rings. The van der Waals surface area contributed by atoms with E-state index in [2.05, 4.69) is 9.47 Å². The summed E-state index contributed by atoms with van der Waals surface area (Å²) >= 11 is 5.76. The predicted octanol–water partition coefficient (Wildman–Crippen LogP) is 1.82. The SMILES string of the molecule is COC(=O)C(C(=O)OC)c1cc(F)c([N+](=O)[O-])cc1Cl. The Balaban J connectivity index is 3.42. The van der Waals surface area contributed by atoms with E-state index >= 15 is 0 Å². The van der Waals surface area contributed by atoms with Gasteiger partial charge in [-0.2, -0.15) is 4.39 Å². The molecule has 0 saturated carbocycles. The van der Waals surface area contributed by atoms with E-state index in [-0.39, 0.29) is 10.6 Å². The summed E-state index contributed by atoms with van der Waals surface area (Å²) in [4.78, 5) is 32.7. The number of rotatable bonds is 4. The number of benzene rings is 1. The molecule has 0 aliphatic heterocycles. The number of halogens is 2. The first-order valence-corrected chi connectivity index (χ1v) is 5.50. The van der Waals surface area contributed by atoms with Gasteiger partial charge in [0, 0.05) is 6.07 Å². The van der Waals surface area contributed by atoms with Gasteiger partial charge in [0.2, 0.25) is 5.82 Å². The summed E-state index contributed by atoms with van der Waals surface area (Å²) in [5, 5.41) is 10.2. The lowest BCUT2D eigenvalue weighted by Crippen LogP contribution is -2.25. The van der Waals surface area contributed by atoms with Crippen molar-refractivity contribution in [2.75, 3.05) is 14.2 Å². The number of methoxy groups -OCH3 is 2. The van der Waals surface area contributed by atoms with Crippen molar-refractivity contribution < 1.29 is 28.4 Å². The highest BCUT2D eigenvalue weighted by Gasteiger charge is 2.34. The highest BCUT2D eigenvalue weighted by atomic mass is 35.5. The largest absolute Gasteiger partial charge is 0.468 e. The van der Waals surface area contributed by atoms with Crippen LogP contribution in [-0.4, -0.2) is 31.1 Å². The van der Waals surface area contributed by atoms with Gasteiger partial charge in [-0.05, 0) is 11.6 Å². The van der Waals surface area contributed by atoms with Crippen molar-refractivity contribution in [3.63, 3.8) is 0 Å². The van der Waals surface area contributed by atoms with Crippen LogP contribution in [0.15, 0.2) is 12.1 Å². The highest BCUT2D eigenvalue weighted by molar-refractivity contribution is 6.32. The molecule has 0 radical (unpaired) electrons. The highest BCUT2D eigenvalue weighted by Crippen LogP contribution is 2.32. The maximum Gasteiger partial charge on any atom is 0.324 e. The number of hydrogen-bond donors (Lipinski definition) is 0. The molecule has 0 heterocycles. The zero-order chi connectivity index (χ0) is 15.4. The van der Waals surface area contributed by atoms with Crippen molar-refractivity contribution in [2.24, 2.45) is 0 Å². The fraction of sp³-hybridized carbons (Fsp3) is 0.273. The Kier molecular flexibility index (Phi) is 4.98. The molecule has 9 heteroatoms. The van der Waals surface area contributed by atoms with Crippen LogP contribution in [0, 0.1) is 15.9 Å². The molecule has 0 unspecified atom stereocenters. The molecule has 0 fully saturated rings. The maximum absolute atomic E-state index is 13.6. The average molecular weight is 306 g/mol. The van der Waals surface area contributed by atoms with Gasteiger partial charge in [0.15, 0.2) is 5.92 Å². The Bertz CT molecular complexity index is 560. The summed E-state index contributed by atoms with van der Waals surface area (Å²) in [6.07, 6.45) is 0. The van der Waals surface area contributed by atoms with Crippen LogP contribution in [0.3, 0.4) is 0 Å². The number of esters is 2. The second kappa shape index (κ2) is 6.29. The van der Waals surface area contributed by atoms with Crippen LogP contribution in [0.4, 0.5) is 10.1 Å². The van der Waals surface area contributed by atoms with Crippen LogP contribution in [-0.2, 0) is 19.1 Å². The third-order valence-corrected chi connectivity index (χ3v) is 2.77. The number of hydrogen-bond acceptors (Lipinski definition) is 6. The molecule has 0 amide bonds. The fourth-order valence-corrected chi connectivity index (χ4v) is 1.77. The van der Waals surface area contributed by atoms with Gasteiger partial charge in [0.25, 0.3) is 0 Å². The third-order valence-electron chi connectivity index (χ3n) is 2.45. The minimum Gasteiger partial charge on any atom is -0.468 e. The number of carbonyl (C=O) groups excluding carboxylic acids is 2. The first-order valence-electron chi connectivity index (χ1n) is 5.12. The Morgan fingerprint density at radius 3 is 2.20 bits per heavy atom. The summed E-state index contributed by atoms with van der Waals surface area (Å²) in [5.74, 6) is -4.89. The van der Waals surface area contributed by atoms with E-state index in [4.69, 9.17) is 11.6 Å². The average Bonchev–Trinajstić information content (AvgIpc) is 2.41. The maximum atomic E-state index is 13.6. The first-order chi connectivity index (χ1) is 9.33. The van der Waals surface area contributed by atoms with Crippen LogP contribution in [0.2, 0.25) is 5.02 Å². The van der Waals surface area contributed by atoms with Crippen molar-refractivity contribution >= 4 is 29.2 Å². The van der Waals surface area contributed by atoms with E-state index in [0.717, 1.165) is 14.2 Å². The molecular weight excluding hydrogens is 297 g/mol. The monoisotopic (exact) mass is 305 g/mol. The van der Waals surface area contributed by atoms with Gasteiger partial charge in [-0.15, -0.1) is 0 Å². The summed E-state index contributed by atoms with van der Waals surface area (Å²) in [7, 11) is 2.04. The molecule has 0 aromatic heterocycles. The Morgan fingerprint density at radius 1 is 1.30 bits per heavy atom. The Morgan fingerprint density at radius 2 is 1.80 bits per heavy atom. The van der Waals surface area contributed by atoms with Crippen molar-refractivity contribution in [1.82, 2.24) is 0 Å². The summed E-state index contributed by atoms with van der Waals surface area (Å²) in [6.45, 7) is 0. The molecule has 1 rings (SSSR count). The second-order valence-electron chi connectivity index (χ2n) is 3.56. The van der Waals surface area contributed by atoms with Gasteiger partial charge in [0.05, 0.1) is 24.2 Å². The number of nitro groups is 1. The lowest BCUT2D eigenvalue weighted by Gasteiger charge is -2.14. The fourth-order valence-electron chi connectivity index (χ4n) is 1.50. The van der Waals surface area contributed by atoms with Gasteiger partial charge in [0.1, 0.15) is 0 Å². The van der Waals surface area contributed by atoms with E-state index < -0.39 is 34.3 Å². The van der Waals surface area contributed by atoms with Crippen molar-refractivity contribution in [1.29, 1.82) is 0 Å². The van der Waals surface area contributed by atoms with Crippen molar-refractivity contribution in [3.8, 4) is 0 Å². The number of carbonyl (C=O) groups is 2. The smallest absolute Gasteiger partial charge is 0.324 e. The lowest BCUT2D eigenvalue weighted by atomic mass is 9.98. The summed E-state index contributed by atoms with van der Waals surface area (Å²) < 4.78 is 22.4. The normalized spacial score (nSPS) is 10.2. The molecule has 20 heavy (non-hydrogen) atoms. The number of nitro benzene ring substituents is 1. The van der Waals surface area contributed by atoms with Gasteiger partial charge >= 0.3 is 17.6 Å². The Hall–Kier alpha value is -2.22. The molecule has 7 nitrogen and oxygen atoms in total. The van der Waals surface area contributed by atoms with Crippen LogP contribution >= 0.6 is 11.6 Å². The van der Waals surface area contributed by atoms with Crippen LogP contribution < -0.4 is 0 Å². The third kappa shape index (κ3) is 3.02. The lowest BCUT2D eigenvalue weighted by molar-refractivity contribution is -0.387. The number of nitrogens with zero attached hydrogens (tertiary/aromatic N) is 1. The summed E-state index contributed by atoms with van der Waals surface area (Å²) in [6, 6.07) is 1.35. The number of ether oxygens (including phenoxy) is 2. The van der Waals surface area contributed by atoms with Crippen LogP contribution in [0.5, 0.6) is 0 Å². The zero-order valence-corrected chi connectivity index (χ0v) is 11.1. The molecule has 0 N–H and O–H groups in total. The van der Waals surface area contributed by atoms with Gasteiger partial charge in [-0.1, -0.05) is 11.6 Å². The van der Waals surface area contributed by atoms with Gasteiger partial charge < -0.3 is 9.47 Å². The zero-order valence-electron chi connectivity index (χ0n) is 10.4. The first kappa shape index (κ1) is 15.8. The van der Waals surface area contributed by atoms with Gasteiger partial charge in [-0.25, -0.2) is 0 Å². The van der Waals surface area contributed by atoms with E-state index in [0.29, 0.717) is 12.1 Å². The quantitative estimate of drug-likeness (QED) is 0.364. The van der Waals surface area contributed by atoms with Gasteiger partial charge in [-0.3, -0.25) is 19.7 Å². The molecule has 0 bridgehead atoms. The summed E-state index contributed by atoms with van der Waals surface area (Å²) in [5.41, 5.74) is -1.14. The van der Waals surface area contributed by atoms with E-state index in [1.807, 2.05) is 0 Å². The minimum absolute atomic E-state index is 0.270. The minimum atomic E-state index is -1.62. The van der Waals surface area contributed by atoms with E-state index in [1.54, 1.807) is 0 Å². The standard InChI is InChI=1S/C11H9ClFNO6/c1-19-10(15)9(11(16)20-2)5-3-7(13)8(14(17)18)4-6(5)12/h3-4,9H,1-2H3. The molecule has 0 saturated heterocycles.